The molecule has 0 saturated carbocycles. The molecule has 0 atom stereocenters. The molecule has 0 spiro atoms. The SMILES string of the molecule is Cc1cc(Br)cc(C(=O)NCc2cccc(C(=O)O)c2)c1. The smallest absolute Gasteiger partial charge is 0.335 e. The fraction of sp³-hybridized carbons (Fsp3) is 0.125. The number of hydrogen-bond acceptors (Lipinski definition) is 2. The number of aromatic carboxylic acids is 1. The zero-order valence-corrected chi connectivity index (χ0v) is 13.0. The molecule has 2 aromatic rings. The fourth-order valence-corrected chi connectivity index (χ4v) is 2.57. The van der Waals surface area contributed by atoms with Crippen LogP contribution in [0.5, 0.6) is 0 Å². The third kappa shape index (κ3) is 4.16. The van der Waals surface area contributed by atoms with Gasteiger partial charge in [0.05, 0.1) is 5.56 Å². The van der Waals surface area contributed by atoms with Crippen LogP contribution in [0, 0.1) is 6.92 Å². The molecule has 0 saturated heterocycles. The second-order valence-electron chi connectivity index (χ2n) is 4.71. The molecule has 0 bridgehead atoms. The quantitative estimate of drug-likeness (QED) is 0.890. The van der Waals surface area contributed by atoms with Gasteiger partial charge in [0.25, 0.3) is 5.91 Å². The maximum Gasteiger partial charge on any atom is 0.335 e. The van der Waals surface area contributed by atoms with Gasteiger partial charge in [0.2, 0.25) is 0 Å². The molecular weight excluding hydrogens is 334 g/mol. The molecule has 0 fully saturated rings. The Kier molecular flexibility index (Phi) is 4.75. The maximum atomic E-state index is 12.1. The molecule has 0 aliphatic rings. The summed E-state index contributed by atoms with van der Waals surface area (Å²) in [5.74, 6) is -1.18. The molecule has 21 heavy (non-hydrogen) atoms. The number of carboxylic acids is 1. The molecule has 1 amide bonds. The average molecular weight is 348 g/mol. The Morgan fingerprint density at radius 3 is 2.57 bits per heavy atom. The number of nitrogens with one attached hydrogen (secondary N) is 1. The molecule has 0 heterocycles. The van der Waals surface area contributed by atoms with Crippen LogP contribution in [0.1, 0.15) is 31.8 Å². The van der Waals surface area contributed by atoms with Gasteiger partial charge >= 0.3 is 5.97 Å². The van der Waals surface area contributed by atoms with Gasteiger partial charge in [-0.15, -0.1) is 0 Å². The van der Waals surface area contributed by atoms with Gasteiger partial charge in [0, 0.05) is 16.6 Å². The molecule has 5 heteroatoms. The Morgan fingerprint density at radius 1 is 1.14 bits per heavy atom. The summed E-state index contributed by atoms with van der Waals surface area (Å²) < 4.78 is 0.848. The Balaban J connectivity index is 2.07. The van der Waals surface area contributed by atoms with E-state index in [1.165, 1.54) is 6.07 Å². The highest BCUT2D eigenvalue weighted by Crippen LogP contribution is 2.15. The number of benzene rings is 2. The number of carbonyl (C=O) groups excluding carboxylic acids is 1. The van der Waals surface area contributed by atoms with Crippen LogP contribution in [0.4, 0.5) is 0 Å². The van der Waals surface area contributed by atoms with Crippen LogP contribution in [0.15, 0.2) is 46.9 Å². The molecule has 2 aromatic carbocycles. The number of rotatable bonds is 4. The number of halogens is 1. The van der Waals surface area contributed by atoms with Crippen molar-refractivity contribution in [3.05, 3.63) is 69.2 Å². The van der Waals surface area contributed by atoms with E-state index in [2.05, 4.69) is 21.2 Å². The lowest BCUT2D eigenvalue weighted by atomic mass is 10.1. The van der Waals surface area contributed by atoms with Crippen LogP contribution in [0.3, 0.4) is 0 Å². The summed E-state index contributed by atoms with van der Waals surface area (Å²) in [6, 6.07) is 12.0. The lowest BCUT2D eigenvalue weighted by Gasteiger charge is -2.07. The van der Waals surface area contributed by atoms with E-state index < -0.39 is 5.97 Å². The van der Waals surface area contributed by atoms with Crippen molar-refractivity contribution in [1.29, 1.82) is 0 Å². The molecule has 0 aliphatic carbocycles. The van der Waals surface area contributed by atoms with Crippen LogP contribution in [0.25, 0.3) is 0 Å². The first-order valence-corrected chi connectivity index (χ1v) is 7.12. The van der Waals surface area contributed by atoms with Crippen molar-refractivity contribution < 1.29 is 14.7 Å². The summed E-state index contributed by atoms with van der Waals surface area (Å²) in [5.41, 5.74) is 2.51. The van der Waals surface area contributed by atoms with E-state index in [1.807, 2.05) is 13.0 Å². The van der Waals surface area contributed by atoms with E-state index >= 15 is 0 Å². The van der Waals surface area contributed by atoms with Gasteiger partial charge in [-0.25, -0.2) is 4.79 Å². The van der Waals surface area contributed by atoms with Gasteiger partial charge in [0.15, 0.2) is 0 Å². The van der Waals surface area contributed by atoms with Crippen LogP contribution in [0.2, 0.25) is 0 Å². The third-order valence-corrected chi connectivity index (χ3v) is 3.39. The lowest BCUT2D eigenvalue weighted by Crippen LogP contribution is -2.23. The second kappa shape index (κ2) is 6.54. The van der Waals surface area contributed by atoms with Crippen LogP contribution < -0.4 is 5.32 Å². The number of hydrogen-bond donors (Lipinski definition) is 2. The van der Waals surface area contributed by atoms with Gasteiger partial charge < -0.3 is 10.4 Å². The Labute approximate surface area is 130 Å². The molecule has 4 nitrogen and oxygen atoms in total. The molecule has 2 N–H and O–H groups in total. The number of carboxylic acid groups (broad SMARTS) is 1. The molecule has 0 unspecified atom stereocenters. The summed E-state index contributed by atoms with van der Waals surface area (Å²) in [6.07, 6.45) is 0. The number of amides is 1. The number of carbonyl (C=O) groups is 2. The fourth-order valence-electron chi connectivity index (χ4n) is 1.97. The minimum Gasteiger partial charge on any atom is -0.478 e. The molecule has 0 aromatic heterocycles. The third-order valence-electron chi connectivity index (χ3n) is 2.93. The van der Waals surface area contributed by atoms with Gasteiger partial charge in [0.1, 0.15) is 0 Å². The first-order valence-electron chi connectivity index (χ1n) is 6.33. The predicted octanol–water partition coefficient (Wildman–Crippen LogP) is 3.39. The van der Waals surface area contributed by atoms with Crippen molar-refractivity contribution >= 4 is 27.8 Å². The summed E-state index contributed by atoms with van der Waals surface area (Å²) >= 11 is 3.36. The predicted molar refractivity (Wildman–Crippen MR) is 83.5 cm³/mol. The highest BCUT2D eigenvalue weighted by atomic mass is 79.9. The van der Waals surface area contributed by atoms with Crippen LogP contribution in [-0.4, -0.2) is 17.0 Å². The van der Waals surface area contributed by atoms with E-state index in [-0.39, 0.29) is 18.0 Å². The van der Waals surface area contributed by atoms with Crippen molar-refractivity contribution in [2.45, 2.75) is 13.5 Å². The van der Waals surface area contributed by atoms with Gasteiger partial charge in [-0.05, 0) is 48.4 Å². The lowest BCUT2D eigenvalue weighted by molar-refractivity contribution is 0.0696. The highest BCUT2D eigenvalue weighted by Gasteiger charge is 2.08. The van der Waals surface area contributed by atoms with Crippen molar-refractivity contribution in [3.8, 4) is 0 Å². The van der Waals surface area contributed by atoms with Gasteiger partial charge in [-0.1, -0.05) is 28.1 Å². The van der Waals surface area contributed by atoms with Gasteiger partial charge in [-0.3, -0.25) is 4.79 Å². The van der Waals surface area contributed by atoms with Crippen LogP contribution >= 0.6 is 15.9 Å². The Bertz CT molecular complexity index is 677. The molecule has 0 aliphatic heterocycles. The second-order valence-corrected chi connectivity index (χ2v) is 5.62. The van der Waals surface area contributed by atoms with E-state index in [9.17, 15) is 9.59 Å². The zero-order chi connectivity index (χ0) is 15.4. The maximum absolute atomic E-state index is 12.1. The normalized spacial score (nSPS) is 10.2. The van der Waals surface area contributed by atoms with E-state index in [0.29, 0.717) is 5.56 Å². The standard InChI is InChI=1S/C16H14BrNO3/c1-10-5-13(8-14(17)6-10)15(19)18-9-11-3-2-4-12(7-11)16(20)21/h2-8H,9H2,1H3,(H,18,19)(H,20,21). The molecule has 2 rings (SSSR count). The summed E-state index contributed by atoms with van der Waals surface area (Å²) in [6.45, 7) is 2.20. The van der Waals surface area contributed by atoms with E-state index in [0.717, 1.165) is 15.6 Å². The largest absolute Gasteiger partial charge is 0.478 e. The van der Waals surface area contributed by atoms with Gasteiger partial charge in [-0.2, -0.15) is 0 Å². The topological polar surface area (TPSA) is 66.4 Å². The first kappa shape index (κ1) is 15.3. The highest BCUT2D eigenvalue weighted by molar-refractivity contribution is 9.10. The summed E-state index contributed by atoms with van der Waals surface area (Å²) in [7, 11) is 0. The monoisotopic (exact) mass is 347 g/mol. The van der Waals surface area contributed by atoms with E-state index in [4.69, 9.17) is 5.11 Å². The summed E-state index contributed by atoms with van der Waals surface area (Å²) in [5, 5.41) is 11.7. The molecular formula is C16H14BrNO3. The summed E-state index contributed by atoms with van der Waals surface area (Å²) in [4.78, 5) is 23.0. The van der Waals surface area contributed by atoms with Crippen LogP contribution in [-0.2, 0) is 6.54 Å². The molecule has 0 radical (unpaired) electrons. The van der Waals surface area contributed by atoms with Crippen molar-refractivity contribution in [2.75, 3.05) is 0 Å². The first-order chi connectivity index (χ1) is 9.95. The average Bonchev–Trinajstić information content (AvgIpc) is 2.44. The minimum absolute atomic E-state index is 0.194. The van der Waals surface area contributed by atoms with Crippen molar-refractivity contribution in [3.63, 3.8) is 0 Å². The Hall–Kier alpha value is -2.14. The van der Waals surface area contributed by atoms with Crippen molar-refractivity contribution in [1.82, 2.24) is 5.32 Å². The Morgan fingerprint density at radius 2 is 1.90 bits per heavy atom. The molecule has 108 valence electrons. The van der Waals surface area contributed by atoms with E-state index in [1.54, 1.807) is 30.3 Å². The minimum atomic E-state index is -0.981. The van der Waals surface area contributed by atoms with Crippen molar-refractivity contribution in [2.24, 2.45) is 0 Å². The number of aryl methyl sites for hydroxylation is 1. The zero-order valence-electron chi connectivity index (χ0n) is 11.4.